The number of methoxy groups -OCH3 is 1. The molecule has 4 rings (SSSR count). The van der Waals surface area contributed by atoms with E-state index in [4.69, 9.17) is 10.5 Å². The Labute approximate surface area is 174 Å². The third-order valence-corrected chi connectivity index (χ3v) is 6.34. The lowest BCUT2D eigenvalue weighted by Gasteiger charge is -2.06. The highest BCUT2D eigenvalue weighted by Gasteiger charge is 2.13. The second-order valence-corrected chi connectivity index (χ2v) is 9.05. The molecular formula is C20H24N6O3S. The second kappa shape index (κ2) is 8.50. The fraction of sp³-hybridized carbons (Fsp3) is 0.350. The minimum Gasteiger partial charge on any atom is -0.384 e. The zero-order valence-electron chi connectivity index (χ0n) is 16.7. The van der Waals surface area contributed by atoms with Gasteiger partial charge in [-0.25, -0.2) is 18.1 Å². The van der Waals surface area contributed by atoms with E-state index in [-0.39, 0.29) is 12.4 Å². The number of nitrogen functional groups attached to an aromatic ring is 1. The summed E-state index contributed by atoms with van der Waals surface area (Å²) in [5.41, 5.74) is 10.0. The van der Waals surface area contributed by atoms with E-state index in [0.29, 0.717) is 31.9 Å². The molecule has 3 aromatic rings. The van der Waals surface area contributed by atoms with Crippen LogP contribution in [0.5, 0.6) is 0 Å². The van der Waals surface area contributed by atoms with E-state index in [1.54, 1.807) is 4.68 Å². The van der Waals surface area contributed by atoms with Crippen LogP contribution in [-0.4, -0.2) is 62.0 Å². The number of benzene rings is 1. The summed E-state index contributed by atoms with van der Waals surface area (Å²) >= 11 is 0. The molecule has 0 saturated heterocycles. The summed E-state index contributed by atoms with van der Waals surface area (Å²) in [5, 5.41) is 6.40. The molecule has 3 heterocycles. The molecule has 0 amide bonds. The highest BCUT2D eigenvalue weighted by Crippen LogP contribution is 2.29. The summed E-state index contributed by atoms with van der Waals surface area (Å²) in [7, 11) is -1.84. The number of anilines is 1. The van der Waals surface area contributed by atoms with Crippen LogP contribution in [-0.2, 0) is 21.3 Å². The number of allylic oxidation sites excluding steroid dienone is 1. The standard InChI is InChI=1S/C20H24N6O3S/c1-29-9-10-30(27,28)23-6-2-8-26-13-17-19(25-26)16-4-3-14(15-5-7-22-12-15)11-18(16)24-20(17)21/h3-5,7,11,13,23H,2,6,8-10,12H2,1H3,(H2,21,24). The maximum Gasteiger partial charge on any atom is 0.213 e. The summed E-state index contributed by atoms with van der Waals surface area (Å²) in [6.07, 6.45) is 6.27. The number of aliphatic imine (C=N–C) groups is 1. The van der Waals surface area contributed by atoms with Crippen molar-refractivity contribution in [2.45, 2.75) is 13.0 Å². The van der Waals surface area contributed by atoms with E-state index in [1.165, 1.54) is 7.11 Å². The number of fused-ring (bicyclic) bond motifs is 3. The number of ether oxygens (including phenoxy) is 1. The largest absolute Gasteiger partial charge is 0.384 e. The third kappa shape index (κ3) is 4.35. The fourth-order valence-electron chi connectivity index (χ4n) is 3.40. The minimum atomic E-state index is -3.32. The van der Waals surface area contributed by atoms with Gasteiger partial charge in [0, 0.05) is 38.0 Å². The predicted octanol–water partition coefficient (Wildman–Crippen LogP) is 1.59. The Morgan fingerprint density at radius 2 is 2.17 bits per heavy atom. The Hall–Kier alpha value is -2.82. The van der Waals surface area contributed by atoms with Crippen LogP contribution in [0.25, 0.3) is 27.4 Å². The number of rotatable bonds is 9. The van der Waals surface area contributed by atoms with Gasteiger partial charge < -0.3 is 10.5 Å². The summed E-state index contributed by atoms with van der Waals surface area (Å²) in [6.45, 7) is 1.74. The molecule has 0 aliphatic carbocycles. The molecule has 158 valence electrons. The number of nitrogens with one attached hydrogen (secondary N) is 1. The quantitative estimate of drug-likeness (QED) is 0.499. The molecule has 0 radical (unpaired) electrons. The lowest BCUT2D eigenvalue weighted by Crippen LogP contribution is -2.29. The first-order chi connectivity index (χ1) is 14.5. The van der Waals surface area contributed by atoms with Crippen LogP contribution in [0.15, 0.2) is 35.5 Å². The van der Waals surface area contributed by atoms with Gasteiger partial charge in [-0.1, -0.05) is 6.07 Å². The zero-order chi connectivity index (χ0) is 21.1. The molecule has 0 unspecified atom stereocenters. The SMILES string of the molecule is COCCS(=O)(=O)NCCCn1cc2c(N)nc3cc(C4=CC=NC4)ccc3c2n1. The molecule has 3 N–H and O–H groups in total. The van der Waals surface area contributed by atoms with Crippen LogP contribution in [0.1, 0.15) is 12.0 Å². The molecule has 30 heavy (non-hydrogen) atoms. The van der Waals surface area contributed by atoms with Crippen molar-refractivity contribution >= 4 is 49.4 Å². The highest BCUT2D eigenvalue weighted by molar-refractivity contribution is 7.89. The lowest BCUT2D eigenvalue weighted by molar-refractivity contribution is 0.217. The van der Waals surface area contributed by atoms with E-state index >= 15 is 0 Å². The Morgan fingerprint density at radius 1 is 1.30 bits per heavy atom. The first-order valence-electron chi connectivity index (χ1n) is 9.69. The molecule has 1 aliphatic rings. The van der Waals surface area contributed by atoms with Gasteiger partial charge in [0.05, 0.1) is 29.8 Å². The number of sulfonamides is 1. The molecule has 0 bridgehead atoms. The third-order valence-electron chi connectivity index (χ3n) is 4.99. The second-order valence-electron chi connectivity index (χ2n) is 7.12. The fourth-order valence-corrected chi connectivity index (χ4v) is 4.39. The van der Waals surface area contributed by atoms with Gasteiger partial charge in [-0.05, 0) is 35.8 Å². The van der Waals surface area contributed by atoms with Crippen molar-refractivity contribution in [1.82, 2.24) is 19.5 Å². The van der Waals surface area contributed by atoms with Crippen LogP contribution in [0, 0.1) is 0 Å². The van der Waals surface area contributed by atoms with Gasteiger partial charge in [-0.15, -0.1) is 0 Å². The number of nitrogens with two attached hydrogens (primary N) is 1. The lowest BCUT2D eigenvalue weighted by atomic mass is 10.0. The van der Waals surface area contributed by atoms with Crippen molar-refractivity contribution in [2.75, 3.05) is 38.3 Å². The van der Waals surface area contributed by atoms with Crippen LogP contribution in [0.4, 0.5) is 5.82 Å². The molecule has 0 fully saturated rings. The molecule has 10 heteroatoms. The number of nitrogens with zero attached hydrogens (tertiary/aromatic N) is 4. The van der Waals surface area contributed by atoms with E-state index in [1.807, 2.05) is 36.7 Å². The monoisotopic (exact) mass is 428 g/mol. The number of aromatic nitrogens is 3. The van der Waals surface area contributed by atoms with Gasteiger partial charge in [0.1, 0.15) is 11.3 Å². The molecule has 0 saturated carbocycles. The van der Waals surface area contributed by atoms with E-state index in [2.05, 4.69) is 19.8 Å². The van der Waals surface area contributed by atoms with Crippen LogP contribution >= 0.6 is 0 Å². The smallest absolute Gasteiger partial charge is 0.213 e. The van der Waals surface area contributed by atoms with Crippen LogP contribution in [0.2, 0.25) is 0 Å². The number of pyridine rings is 1. The summed E-state index contributed by atoms with van der Waals surface area (Å²) in [6, 6.07) is 6.08. The summed E-state index contributed by atoms with van der Waals surface area (Å²) < 4.78 is 32.8. The average molecular weight is 429 g/mol. The topological polar surface area (TPSA) is 124 Å². The number of hydrogen-bond acceptors (Lipinski definition) is 7. The summed E-state index contributed by atoms with van der Waals surface area (Å²) in [4.78, 5) is 8.79. The van der Waals surface area contributed by atoms with Gasteiger partial charge in [0.25, 0.3) is 0 Å². The van der Waals surface area contributed by atoms with Crippen LogP contribution in [0.3, 0.4) is 0 Å². The van der Waals surface area contributed by atoms with Crippen LogP contribution < -0.4 is 10.5 Å². The molecular weight excluding hydrogens is 404 g/mol. The number of hydrogen-bond donors (Lipinski definition) is 2. The van der Waals surface area contributed by atoms with Crippen molar-refractivity contribution in [3.8, 4) is 0 Å². The maximum absolute atomic E-state index is 11.8. The summed E-state index contributed by atoms with van der Waals surface area (Å²) in [5.74, 6) is 0.381. The predicted molar refractivity (Wildman–Crippen MR) is 119 cm³/mol. The van der Waals surface area contributed by atoms with E-state index < -0.39 is 10.0 Å². The van der Waals surface area contributed by atoms with Crippen molar-refractivity contribution in [3.05, 3.63) is 36.0 Å². The van der Waals surface area contributed by atoms with E-state index in [9.17, 15) is 8.42 Å². The molecule has 0 atom stereocenters. The first-order valence-corrected chi connectivity index (χ1v) is 11.3. The molecule has 9 nitrogen and oxygen atoms in total. The van der Waals surface area contributed by atoms with Gasteiger partial charge in [-0.2, -0.15) is 5.10 Å². The van der Waals surface area contributed by atoms with Crippen molar-refractivity contribution in [2.24, 2.45) is 4.99 Å². The minimum absolute atomic E-state index is 0.0473. The van der Waals surface area contributed by atoms with E-state index in [0.717, 1.165) is 32.9 Å². The first kappa shape index (κ1) is 20.5. The zero-order valence-corrected chi connectivity index (χ0v) is 17.5. The van der Waals surface area contributed by atoms with Crippen molar-refractivity contribution < 1.29 is 13.2 Å². The van der Waals surface area contributed by atoms with Gasteiger partial charge >= 0.3 is 0 Å². The van der Waals surface area contributed by atoms with Crippen molar-refractivity contribution in [3.63, 3.8) is 0 Å². The van der Waals surface area contributed by atoms with Gasteiger partial charge in [-0.3, -0.25) is 9.67 Å². The Bertz CT molecular complexity index is 1250. The maximum atomic E-state index is 11.8. The Kier molecular flexibility index (Phi) is 5.80. The number of aryl methyl sites for hydroxylation is 1. The van der Waals surface area contributed by atoms with Crippen molar-refractivity contribution in [1.29, 1.82) is 0 Å². The van der Waals surface area contributed by atoms with Gasteiger partial charge in [0.2, 0.25) is 10.0 Å². The molecule has 1 aliphatic heterocycles. The molecule has 0 spiro atoms. The molecule has 1 aromatic carbocycles. The van der Waals surface area contributed by atoms with Gasteiger partial charge in [0.15, 0.2) is 0 Å². The Morgan fingerprint density at radius 3 is 2.93 bits per heavy atom. The Balaban J connectivity index is 1.50. The normalized spacial score (nSPS) is 14.1. The highest BCUT2D eigenvalue weighted by atomic mass is 32.2. The molecule has 2 aromatic heterocycles. The average Bonchev–Trinajstić information content (AvgIpc) is 3.40.